The van der Waals surface area contributed by atoms with Crippen LogP contribution in [-0.4, -0.2) is 79.6 Å². The lowest BCUT2D eigenvalue weighted by molar-refractivity contribution is -0.137. The Labute approximate surface area is 242 Å². The highest BCUT2D eigenvalue weighted by molar-refractivity contribution is 5.98. The molecule has 0 saturated carbocycles. The molecule has 0 unspecified atom stereocenters. The minimum absolute atomic E-state index is 0.00802. The number of carbonyl (C=O) groups is 1. The zero-order valence-corrected chi connectivity index (χ0v) is 23.6. The molecule has 0 aliphatic carbocycles. The molecular formula is C31H34F3N7O. The second kappa shape index (κ2) is 11.8. The smallest absolute Gasteiger partial charge is 0.336 e. The quantitative estimate of drug-likeness (QED) is 0.323. The van der Waals surface area contributed by atoms with Crippen LogP contribution >= 0.6 is 0 Å². The number of rotatable bonds is 6. The number of hydrogen-bond donors (Lipinski definition) is 0. The van der Waals surface area contributed by atoms with E-state index in [0.717, 1.165) is 72.5 Å². The minimum Gasteiger partial charge on any atom is -0.336 e. The summed E-state index contributed by atoms with van der Waals surface area (Å²) >= 11 is 0. The third kappa shape index (κ3) is 6.32. The van der Waals surface area contributed by atoms with Crippen LogP contribution in [0, 0.1) is 6.92 Å². The summed E-state index contributed by atoms with van der Waals surface area (Å²) in [7, 11) is 0. The van der Waals surface area contributed by atoms with Gasteiger partial charge in [-0.1, -0.05) is 12.1 Å². The van der Waals surface area contributed by atoms with E-state index in [1.165, 1.54) is 12.1 Å². The summed E-state index contributed by atoms with van der Waals surface area (Å²) in [5, 5.41) is 5.66. The van der Waals surface area contributed by atoms with E-state index in [1.807, 2.05) is 48.6 Å². The summed E-state index contributed by atoms with van der Waals surface area (Å²) in [6.07, 6.45) is 3.17. The van der Waals surface area contributed by atoms with Crippen molar-refractivity contribution in [1.82, 2.24) is 34.4 Å². The lowest BCUT2D eigenvalue weighted by Crippen LogP contribution is -2.48. The van der Waals surface area contributed by atoms with Crippen molar-refractivity contribution in [2.75, 3.05) is 39.3 Å². The molecule has 0 atom stereocenters. The molecule has 0 N–H and O–H groups in total. The summed E-state index contributed by atoms with van der Waals surface area (Å²) in [5.41, 5.74) is 3.78. The molecule has 220 valence electrons. The van der Waals surface area contributed by atoms with Crippen LogP contribution in [0.15, 0.2) is 61.1 Å². The number of aromatic nitrogens is 4. The fourth-order valence-corrected chi connectivity index (χ4v) is 5.88. The van der Waals surface area contributed by atoms with Gasteiger partial charge < -0.3 is 4.90 Å². The first kappa shape index (κ1) is 28.3. The zero-order chi connectivity index (χ0) is 29.3. The lowest BCUT2D eigenvalue weighted by Gasteiger charge is -2.35. The Kier molecular flexibility index (Phi) is 7.96. The number of piperidine rings is 1. The first-order valence-electron chi connectivity index (χ1n) is 14.4. The molecule has 2 fully saturated rings. The normalized spacial score (nSPS) is 17.7. The highest BCUT2D eigenvalue weighted by atomic mass is 19.4. The van der Waals surface area contributed by atoms with Gasteiger partial charge in [0.05, 0.1) is 34.7 Å². The Hall–Kier alpha value is -3.83. The maximum absolute atomic E-state index is 13.3. The van der Waals surface area contributed by atoms with Gasteiger partial charge in [-0.05, 0) is 55.7 Å². The monoisotopic (exact) mass is 577 g/mol. The summed E-state index contributed by atoms with van der Waals surface area (Å²) in [5.74, 6) is -0.00802. The molecule has 2 aromatic carbocycles. The van der Waals surface area contributed by atoms with Crippen molar-refractivity contribution in [1.29, 1.82) is 0 Å². The first-order valence-corrected chi connectivity index (χ1v) is 14.4. The lowest BCUT2D eigenvalue weighted by atomic mass is 10.0. The van der Waals surface area contributed by atoms with Crippen LogP contribution in [0.3, 0.4) is 0 Å². The third-order valence-electron chi connectivity index (χ3n) is 8.31. The molecule has 8 nitrogen and oxygen atoms in total. The highest BCUT2D eigenvalue weighted by Gasteiger charge is 2.30. The molecule has 2 aliphatic rings. The second-order valence-corrected chi connectivity index (χ2v) is 11.3. The summed E-state index contributed by atoms with van der Waals surface area (Å²) in [6, 6.07) is 11.4. The maximum Gasteiger partial charge on any atom is 0.416 e. The van der Waals surface area contributed by atoms with Crippen molar-refractivity contribution in [3.8, 4) is 0 Å². The standard InChI is InChI=1S/C31H34F3N7O/c1-22-17-36-27(19-35-22)21-38-10-8-28(9-11-38)41-29-7-4-24(16-25(29)18-37-41)30(42)40-14-12-39(13-15-40)20-23-2-5-26(6-3-23)31(32,33)34/h2-7,16-19,28H,8-15,20-21H2,1H3. The number of hydrogen-bond acceptors (Lipinski definition) is 6. The van der Waals surface area contributed by atoms with E-state index in [0.29, 0.717) is 44.3 Å². The van der Waals surface area contributed by atoms with Gasteiger partial charge in [0.15, 0.2) is 0 Å². The predicted octanol–water partition coefficient (Wildman–Crippen LogP) is 4.95. The molecular weight excluding hydrogens is 543 g/mol. The molecule has 6 rings (SSSR count). The fourth-order valence-electron chi connectivity index (χ4n) is 5.88. The molecule has 2 saturated heterocycles. The molecule has 0 radical (unpaired) electrons. The molecule has 2 aromatic heterocycles. The van der Waals surface area contributed by atoms with Crippen LogP contribution in [-0.2, 0) is 19.3 Å². The van der Waals surface area contributed by atoms with Crippen LogP contribution in [0.25, 0.3) is 10.9 Å². The van der Waals surface area contributed by atoms with Gasteiger partial charge in [0.2, 0.25) is 0 Å². The molecule has 0 spiro atoms. The van der Waals surface area contributed by atoms with E-state index >= 15 is 0 Å². The van der Waals surface area contributed by atoms with Crippen LogP contribution in [0.4, 0.5) is 13.2 Å². The van der Waals surface area contributed by atoms with Crippen LogP contribution < -0.4 is 0 Å². The number of aryl methyl sites for hydroxylation is 1. The van der Waals surface area contributed by atoms with Crippen molar-refractivity contribution in [2.45, 2.75) is 45.1 Å². The largest absolute Gasteiger partial charge is 0.416 e. The Bertz CT molecular complexity index is 1520. The number of nitrogens with zero attached hydrogens (tertiary/aromatic N) is 7. The number of halogens is 3. The number of fused-ring (bicyclic) bond motifs is 1. The van der Waals surface area contributed by atoms with Crippen molar-refractivity contribution < 1.29 is 18.0 Å². The topological polar surface area (TPSA) is 70.4 Å². The van der Waals surface area contributed by atoms with E-state index in [4.69, 9.17) is 5.10 Å². The fraction of sp³-hybridized carbons (Fsp3) is 0.419. The number of piperazine rings is 1. The molecule has 1 amide bonds. The van der Waals surface area contributed by atoms with Gasteiger partial charge in [-0.2, -0.15) is 18.3 Å². The average Bonchev–Trinajstić information content (AvgIpc) is 3.42. The van der Waals surface area contributed by atoms with Crippen LogP contribution in [0.1, 0.15) is 51.8 Å². The van der Waals surface area contributed by atoms with Gasteiger partial charge in [0.25, 0.3) is 5.91 Å². The second-order valence-electron chi connectivity index (χ2n) is 11.3. The predicted molar refractivity (Wildman–Crippen MR) is 153 cm³/mol. The van der Waals surface area contributed by atoms with E-state index in [9.17, 15) is 18.0 Å². The van der Waals surface area contributed by atoms with E-state index in [1.54, 1.807) is 0 Å². The molecule has 42 heavy (non-hydrogen) atoms. The third-order valence-corrected chi connectivity index (χ3v) is 8.31. The SMILES string of the molecule is Cc1cnc(CN2CCC(n3ncc4cc(C(=O)N5CCN(Cc6ccc(C(F)(F)F)cc6)CC5)ccc43)CC2)cn1. The average molecular weight is 578 g/mol. The molecule has 4 aromatic rings. The van der Waals surface area contributed by atoms with E-state index in [2.05, 4.69) is 24.4 Å². The Morgan fingerprint density at radius 3 is 2.24 bits per heavy atom. The zero-order valence-electron chi connectivity index (χ0n) is 23.6. The summed E-state index contributed by atoms with van der Waals surface area (Å²) in [4.78, 5) is 28.6. The summed E-state index contributed by atoms with van der Waals surface area (Å²) in [6.45, 7) is 7.71. The Morgan fingerprint density at radius 1 is 0.857 bits per heavy atom. The van der Waals surface area contributed by atoms with Crippen LogP contribution in [0.2, 0.25) is 0 Å². The van der Waals surface area contributed by atoms with E-state index < -0.39 is 11.7 Å². The number of carbonyl (C=O) groups excluding carboxylic acids is 1. The van der Waals surface area contributed by atoms with Gasteiger partial charge in [0, 0.05) is 75.7 Å². The maximum atomic E-state index is 13.3. The number of likely N-dealkylation sites (tertiary alicyclic amines) is 1. The molecule has 11 heteroatoms. The van der Waals surface area contributed by atoms with E-state index in [-0.39, 0.29) is 5.91 Å². The minimum atomic E-state index is -4.33. The van der Waals surface area contributed by atoms with Gasteiger partial charge in [0.1, 0.15) is 0 Å². The van der Waals surface area contributed by atoms with Crippen molar-refractivity contribution in [3.05, 3.63) is 89.1 Å². The molecule has 0 bridgehead atoms. The molecule has 2 aliphatic heterocycles. The van der Waals surface area contributed by atoms with Gasteiger partial charge in [-0.3, -0.25) is 29.2 Å². The number of amides is 1. The first-order chi connectivity index (χ1) is 20.2. The number of benzene rings is 2. The van der Waals surface area contributed by atoms with Crippen molar-refractivity contribution in [2.24, 2.45) is 0 Å². The van der Waals surface area contributed by atoms with Crippen molar-refractivity contribution >= 4 is 16.8 Å². The summed E-state index contributed by atoms with van der Waals surface area (Å²) < 4.78 is 40.6. The highest BCUT2D eigenvalue weighted by Crippen LogP contribution is 2.30. The number of alkyl halides is 3. The van der Waals surface area contributed by atoms with Crippen molar-refractivity contribution in [3.63, 3.8) is 0 Å². The van der Waals surface area contributed by atoms with Crippen LogP contribution in [0.5, 0.6) is 0 Å². The van der Waals surface area contributed by atoms with Gasteiger partial charge >= 0.3 is 6.18 Å². The Balaban J connectivity index is 1.02. The molecule has 4 heterocycles. The Morgan fingerprint density at radius 2 is 1.57 bits per heavy atom. The van der Waals surface area contributed by atoms with Gasteiger partial charge in [-0.15, -0.1) is 0 Å². The van der Waals surface area contributed by atoms with Gasteiger partial charge in [-0.25, -0.2) is 0 Å².